The van der Waals surface area contributed by atoms with Gasteiger partial charge in [-0.15, -0.1) is 0 Å². The Morgan fingerprint density at radius 1 is 0.853 bits per heavy atom. The molecule has 0 saturated carbocycles. The van der Waals surface area contributed by atoms with E-state index >= 15 is 0 Å². The second-order valence-electron chi connectivity index (χ2n) is 7.08. The maximum atomic E-state index is 13.0. The number of carbonyl (C=O) groups excluding carboxylic acids is 3. The first-order valence-corrected chi connectivity index (χ1v) is 10.5. The number of ether oxygens (including phenoxy) is 3. The molecule has 0 atom stereocenters. The molecule has 1 N–H and O–H groups in total. The number of imide groups is 1. The van der Waals surface area contributed by atoms with Crippen LogP contribution in [0.25, 0.3) is 0 Å². The minimum absolute atomic E-state index is 0.0794. The maximum absolute atomic E-state index is 13.0. The van der Waals surface area contributed by atoms with Gasteiger partial charge in [0.05, 0.1) is 25.5 Å². The van der Waals surface area contributed by atoms with E-state index in [0.29, 0.717) is 22.9 Å². The highest BCUT2D eigenvalue weighted by Crippen LogP contribution is 2.35. The predicted molar refractivity (Wildman–Crippen MR) is 126 cm³/mol. The van der Waals surface area contributed by atoms with Crippen molar-refractivity contribution in [2.45, 2.75) is 0 Å². The van der Waals surface area contributed by atoms with Gasteiger partial charge in [0.2, 0.25) is 0 Å². The number of amides is 2. The number of halogens is 1. The van der Waals surface area contributed by atoms with E-state index in [2.05, 4.69) is 5.32 Å². The number of esters is 1. The molecular weight excluding hydrogens is 460 g/mol. The largest absolute Gasteiger partial charge is 0.497 e. The predicted octanol–water partition coefficient (Wildman–Crippen LogP) is 4.36. The molecule has 3 aromatic carbocycles. The van der Waals surface area contributed by atoms with Crippen LogP contribution < -0.4 is 24.4 Å². The van der Waals surface area contributed by atoms with Crippen LogP contribution in [0.15, 0.2) is 83.5 Å². The van der Waals surface area contributed by atoms with Gasteiger partial charge in [0.1, 0.15) is 28.0 Å². The first kappa shape index (κ1) is 22.9. The summed E-state index contributed by atoms with van der Waals surface area (Å²) in [5.41, 5.74) is 0.946. The SMILES string of the molecule is COc1cccc(OC(=O)c2ccc(NC3=C(Cl)C(=O)N(c4ccccc4OC)C3=O)cc2)c1. The zero-order valence-corrected chi connectivity index (χ0v) is 19.0. The Balaban J connectivity index is 1.49. The second-order valence-corrected chi connectivity index (χ2v) is 7.46. The van der Waals surface area contributed by atoms with E-state index in [1.165, 1.54) is 26.4 Å². The first-order chi connectivity index (χ1) is 16.4. The van der Waals surface area contributed by atoms with Crippen LogP contribution in [0, 0.1) is 0 Å². The Kier molecular flexibility index (Phi) is 6.51. The average molecular weight is 479 g/mol. The molecule has 8 nitrogen and oxygen atoms in total. The third-order valence-corrected chi connectivity index (χ3v) is 5.35. The third kappa shape index (κ3) is 4.44. The number of rotatable bonds is 7. The van der Waals surface area contributed by atoms with Gasteiger partial charge in [-0.1, -0.05) is 29.8 Å². The summed E-state index contributed by atoms with van der Waals surface area (Å²) in [5.74, 6) is -0.596. The number of carbonyl (C=O) groups is 3. The maximum Gasteiger partial charge on any atom is 0.343 e. The van der Waals surface area contributed by atoms with Crippen LogP contribution in [-0.2, 0) is 9.59 Å². The molecule has 0 aromatic heterocycles. The normalized spacial score (nSPS) is 13.2. The smallest absolute Gasteiger partial charge is 0.343 e. The lowest BCUT2D eigenvalue weighted by atomic mass is 10.2. The lowest BCUT2D eigenvalue weighted by Gasteiger charge is -2.17. The summed E-state index contributed by atoms with van der Waals surface area (Å²) >= 11 is 6.19. The molecule has 3 aromatic rings. The molecule has 0 fully saturated rings. The topological polar surface area (TPSA) is 94.2 Å². The van der Waals surface area contributed by atoms with E-state index in [-0.39, 0.29) is 22.0 Å². The van der Waals surface area contributed by atoms with E-state index in [9.17, 15) is 14.4 Å². The van der Waals surface area contributed by atoms with Crippen LogP contribution in [0.3, 0.4) is 0 Å². The molecule has 4 rings (SSSR count). The van der Waals surface area contributed by atoms with Gasteiger partial charge in [0.25, 0.3) is 11.8 Å². The first-order valence-electron chi connectivity index (χ1n) is 10.1. The van der Waals surface area contributed by atoms with Crippen molar-refractivity contribution in [3.8, 4) is 17.2 Å². The van der Waals surface area contributed by atoms with Gasteiger partial charge in [0.15, 0.2) is 0 Å². The van der Waals surface area contributed by atoms with Gasteiger partial charge < -0.3 is 19.5 Å². The Morgan fingerprint density at radius 3 is 2.26 bits per heavy atom. The summed E-state index contributed by atoms with van der Waals surface area (Å²) in [6.45, 7) is 0. The second kappa shape index (κ2) is 9.68. The molecule has 0 radical (unpaired) electrons. The van der Waals surface area contributed by atoms with Crippen LogP contribution in [0.1, 0.15) is 10.4 Å². The Hall–Kier alpha value is -4.30. The highest BCUT2D eigenvalue weighted by molar-refractivity contribution is 6.53. The van der Waals surface area contributed by atoms with E-state index < -0.39 is 17.8 Å². The van der Waals surface area contributed by atoms with Crippen molar-refractivity contribution in [3.63, 3.8) is 0 Å². The van der Waals surface area contributed by atoms with Gasteiger partial charge in [0, 0.05) is 11.8 Å². The monoisotopic (exact) mass is 478 g/mol. The number of para-hydroxylation sites is 2. The quantitative estimate of drug-likeness (QED) is 0.306. The van der Waals surface area contributed by atoms with Crippen molar-refractivity contribution in [1.82, 2.24) is 0 Å². The molecule has 0 spiro atoms. The van der Waals surface area contributed by atoms with Gasteiger partial charge in [-0.25, -0.2) is 9.69 Å². The van der Waals surface area contributed by atoms with Crippen molar-refractivity contribution >= 4 is 40.8 Å². The van der Waals surface area contributed by atoms with Crippen LogP contribution in [0.4, 0.5) is 11.4 Å². The van der Waals surface area contributed by atoms with Crippen molar-refractivity contribution < 1.29 is 28.6 Å². The van der Waals surface area contributed by atoms with Gasteiger partial charge >= 0.3 is 5.97 Å². The van der Waals surface area contributed by atoms with E-state index in [0.717, 1.165) is 4.90 Å². The molecule has 1 heterocycles. The zero-order valence-electron chi connectivity index (χ0n) is 18.2. The molecule has 1 aliphatic heterocycles. The van der Waals surface area contributed by atoms with Gasteiger partial charge in [-0.2, -0.15) is 0 Å². The van der Waals surface area contributed by atoms with Crippen molar-refractivity contribution in [2.75, 3.05) is 24.4 Å². The summed E-state index contributed by atoms with van der Waals surface area (Å²) in [6, 6.07) is 19.5. The molecule has 1 aliphatic rings. The minimum Gasteiger partial charge on any atom is -0.497 e. The van der Waals surface area contributed by atoms with Crippen molar-refractivity contribution in [2.24, 2.45) is 0 Å². The molecule has 0 unspecified atom stereocenters. The Bertz CT molecular complexity index is 1300. The average Bonchev–Trinajstić information content (AvgIpc) is 3.07. The van der Waals surface area contributed by atoms with Crippen LogP contribution in [0.5, 0.6) is 17.2 Å². The summed E-state index contributed by atoms with van der Waals surface area (Å²) in [7, 11) is 2.96. The molecule has 0 aliphatic carbocycles. The third-order valence-electron chi connectivity index (χ3n) is 5.00. The summed E-state index contributed by atoms with van der Waals surface area (Å²) in [4.78, 5) is 39.1. The summed E-state index contributed by atoms with van der Waals surface area (Å²) < 4.78 is 15.7. The summed E-state index contributed by atoms with van der Waals surface area (Å²) in [5, 5.41) is 2.61. The molecule has 2 amide bonds. The fraction of sp³-hybridized carbons (Fsp3) is 0.0800. The lowest BCUT2D eigenvalue weighted by Crippen LogP contribution is -2.32. The van der Waals surface area contributed by atoms with Crippen molar-refractivity contribution in [1.29, 1.82) is 0 Å². The summed E-state index contributed by atoms with van der Waals surface area (Å²) in [6.07, 6.45) is 0. The van der Waals surface area contributed by atoms with Crippen molar-refractivity contribution in [3.05, 3.63) is 89.1 Å². The van der Waals surface area contributed by atoms with Gasteiger partial charge in [-0.05, 0) is 48.5 Å². The molecule has 34 heavy (non-hydrogen) atoms. The highest BCUT2D eigenvalue weighted by atomic mass is 35.5. The number of methoxy groups -OCH3 is 2. The molecule has 9 heteroatoms. The number of nitrogens with one attached hydrogen (secondary N) is 1. The van der Waals surface area contributed by atoms with Crippen LogP contribution in [-0.4, -0.2) is 32.0 Å². The molecule has 0 saturated heterocycles. The molecule has 172 valence electrons. The lowest BCUT2D eigenvalue weighted by molar-refractivity contribution is -0.120. The fourth-order valence-electron chi connectivity index (χ4n) is 3.31. The number of hydrogen-bond donors (Lipinski definition) is 1. The zero-order chi connectivity index (χ0) is 24.2. The van der Waals surface area contributed by atoms with E-state index in [4.69, 9.17) is 25.8 Å². The molecule has 0 bridgehead atoms. The number of anilines is 2. The Labute approximate surface area is 200 Å². The number of nitrogens with zero attached hydrogens (tertiary/aromatic N) is 1. The number of benzene rings is 3. The van der Waals surface area contributed by atoms with Gasteiger partial charge in [-0.3, -0.25) is 9.59 Å². The van der Waals surface area contributed by atoms with E-state index in [1.54, 1.807) is 60.7 Å². The van der Waals surface area contributed by atoms with E-state index in [1.807, 2.05) is 0 Å². The number of hydrogen-bond acceptors (Lipinski definition) is 7. The fourth-order valence-corrected chi connectivity index (χ4v) is 3.52. The molecular formula is C25H19ClN2O6. The minimum atomic E-state index is -0.669. The van der Waals surface area contributed by atoms with Crippen LogP contribution >= 0.6 is 11.6 Å². The Morgan fingerprint density at radius 2 is 1.56 bits per heavy atom. The van der Waals surface area contributed by atoms with Crippen LogP contribution in [0.2, 0.25) is 0 Å². The standard InChI is InChI=1S/C25H19ClN2O6/c1-32-17-6-5-7-18(14-17)34-25(31)15-10-12-16(13-11-15)27-22-21(26)23(29)28(24(22)30)19-8-3-4-9-20(19)33-2/h3-14,27H,1-2H3. The highest BCUT2D eigenvalue weighted by Gasteiger charge is 2.40.